The van der Waals surface area contributed by atoms with Gasteiger partial charge >= 0.3 is 11.4 Å². The Bertz CT molecular complexity index is 665. The molecule has 0 saturated heterocycles. The number of aromatic amines is 1. The Kier molecular flexibility index (Phi) is 2.44. The summed E-state index contributed by atoms with van der Waals surface area (Å²) in [6.45, 7) is 1.47. The number of benzene rings is 1. The Morgan fingerprint density at radius 3 is 2.81 bits per heavy atom. The second kappa shape index (κ2) is 3.77. The molecule has 0 unspecified atom stereocenters. The summed E-state index contributed by atoms with van der Waals surface area (Å²) in [7, 11) is 0. The van der Waals surface area contributed by atoms with Gasteiger partial charge in [0, 0.05) is 6.42 Å². The van der Waals surface area contributed by atoms with Crippen molar-refractivity contribution in [3.05, 3.63) is 44.7 Å². The molecule has 0 fully saturated rings. The topological polar surface area (TPSA) is 80.1 Å². The van der Waals surface area contributed by atoms with Gasteiger partial charge in [-0.25, -0.2) is 9.59 Å². The van der Waals surface area contributed by atoms with Crippen LogP contribution < -0.4 is 11.4 Å². The normalized spacial score (nSPS) is 10.6. The molecule has 0 amide bonds. The number of hydrogen-bond acceptors (Lipinski definition) is 4. The first kappa shape index (κ1) is 10.4. The lowest BCUT2D eigenvalue weighted by Gasteiger charge is -1.99. The summed E-state index contributed by atoms with van der Waals surface area (Å²) >= 11 is 0. The van der Waals surface area contributed by atoms with Crippen molar-refractivity contribution < 1.29 is 9.21 Å². The van der Waals surface area contributed by atoms with Crippen LogP contribution in [-0.4, -0.2) is 10.8 Å². The molecule has 5 nitrogen and oxygen atoms in total. The van der Waals surface area contributed by atoms with Crippen molar-refractivity contribution in [1.82, 2.24) is 4.98 Å². The molecule has 2 rings (SSSR count). The molecule has 0 saturated carbocycles. The number of H-pyrrole nitrogens is 1. The zero-order chi connectivity index (χ0) is 11.7. The van der Waals surface area contributed by atoms with Gasteiger partial charge in [0.15, 0.2) is 0 Å². The summed E-state index contributed by atoms with van der Waals surface area (Å²) in [5, 5.41) is 0.276. The summed E-state index contributed by atoms with van der Waals surface area (Å²) in [5.41, 5.74) is 0.442. The number of aromatic nitrogens is 1. The van der Waals surface area contributed by atoms with E-state index in [4.69, 9.17) is 0 Å². The molecule has 1 aromatic carbocycles. The zero-order valence-electron chi connectivity index (χ0n) is 8.57. The maximum absolute atomic E-state index is 11.4. The molecule has 1 heterocycles. The maximum atomic E-state index is 11.4. The van der Waals surface area contributed by atoms with Crippen LogP contribution in [0, 0.1) is 0 Å². The number of fused-ring (bicyclic) bond motifs is 1. The van der Waals surface area contributed by atoms with Crippen molar-refractivity contribution in [2.45, 2.75) is 13.3 Å². The number of nitrogens with one attached hydrogen (secondary N) is 1. The van der Waals surface area contributed by atoms with Gasteiger partial charge in [-0.05, 0) is 24.6 Å². The van der Waals surface area contributed by atoms with Gasteiger partial charge in [-0.3, -0.25) is 9.78 Å². The van der Waals surface area contributed by atoms with Crippen molar-refractivity contribution in [3.63, 3.8) is 0 Å². The van der Waals surface area contributed by atoms with E-state index in [1.165, 1.54) is 6.92 Å². The summed E-state index contributed by atoms with van der Waals surface area (Å²) in [5.74, 6) is -0.773. The Morgan fingerprint density at radius 1 is 1.38 bits per heavy atom. The monoisotopic (exact) mass is 219 g/mol. The molecule has 5 heteroatoms. The number of carbonyl (C=O) groups excluding carboxylic acids is 1. The third-order valence-electron chi connectivity index (χ3n) is 2.18. The van der Waals surface area contributed by atoms with Crippen molar-refractivity contribution >= 4 is 16.7 Å². The molecule has 0 atom stereocenters. The molecule has 1 N–H and O–H groups in total. The van der Waals surface area contributed by atoms with Gasteiger partial charge in [0.25, 0.3) is 0 Å². The van der Waals surface area contributed by atoms with Crippen molar-refractivity contribution in [3.8, 4) is 0 Å². The number of Topliss-reactive ketones (excluding diaryl/α,β-unsaturated/α-hetero) is 1. The van der Waals surface area contributed by atoms with Gasteiger partial charge in [0.2, 0.25) is 0 Å². The molecule has 0 aliphatic carbocycles. The smallest absolute Gasteiger partial charge is 0.372 e. The Morgan fingerprint density at radius 2 is 2.12 bits per heavy atom. The van der Waals surface area contributed by atoms with Crippen LogP contribution in [0.2, 0.25) is 0 Å². The van der Waals surface area contributed by atoms with Gasteiger partial charge in [-0.2, -0.15) is 0 Å². The molecular weight excluding hydrogens is 210 g/mol. The number of rotatable bonds is 2. The number of carbonyl (C=O) groups is 1. The van der Waals surface area contributed by atoms with Crippen LogP contribution in [0.1, 0.15) is 12.5 Å². The van der Waals surface area contributed by atoms with E-state index in [0.29, 0.717) is 5.52 Å². The Balaban J connectivity index is 2.66. The highest BCUT2D eigenvalue weighted by molar-refractivity contribution is 5.82. The van der Waals surface area contributed by atoms with Gasteiger partial charge in [0.05, 0.1) is 10.9 Å². The highest BCUT2D eigenvalue weighted by atomic mass is 16.4. The summed E-state index contributed by atoms with van der Waals surface area (Å²) in [6.07, 6.45) is 0.258. The summed E-state index contributed by atoms with van der Waals surface area (Å²) in [4.78, 5) is 35.6. The lowest BCUT2D eigenvalue weighted by atomic mass is 10.1. The maximum Gasteiger partial charge on any atom is 0.419 e. The Labute approximate surface area is 89.7 Å². The third-order valence-corrected chi connectivity index (χ3v) is 2.18. The van der Waals surface area contributed by atoms with Crippen LogP contribution in [-0.2, 0) is 11.2 Å². The number of ketones is 1. The quantitative estimate of drug-likeness (QED) is 0.802. The number of hydrogen-bond donors (Lipinski definition) is 1. The molecule has 0 spiro atoms. The molecule has 0 radical (unpaired) electrons. The van der Waals surface area contributed by atoms with E-state index in [0.717, 1.165) is 5.56 Å². The van der Waals surface area contributed by atoms with Crippen LogP contribution in [0.15, 0.2) is 32.2 Å². The minimum atomic E-state index is -0.781. The molecule has 16 heavy (non-hydrogen) atoms. The van der Waals surface area contributed by atoms with E-state index in [1.54, 1.807) is 18.2 Å². The highest BCUT2D eigenvalue weighted by Crippen LogP contribution is 2.09. The lowest BCUT2D eigenvalue weighted by Crippen LogP contribution is -2.14. The van der Waals surface area contributed by atoms with Crippen LogP contribution in [0.4, 0.5) is 0 Å². The average molecular weight is 219 g/mol. The van der Waals surface area contributed by atoms with Gasteiger partial charge in [-0.1, -0.05) is 6.07 Å². The molecule has 0 aliphatic heterocycles. The van der Waals surface area contributed by atoms with Gasteiger partial charge in [0.1, 0.15) is 5.78 Å². The fourth-order valence-electron chi connectivity index (χ4n) is 1.54. The van der Waals surface area contributed by atoms with Crippen molar-refractivity contribution in [1.29, 1.82) is 0 Å². The predicted octanol–water partition coefficient (Wildman–Crippen LogP) is 0.613. The fourth-order valence-corrected chi connectivity index (χ4v) is 1.54. The van der Waals surface area contributed by atoms with E-state index in [-0.39, 0.29) is 17.6 Å². The first-order valence-electron chi connectivity index (χ1n) is 4.72. The van der Waals surface area contributed by atoms with E-state index < -0.39 is 11.4 Å². The van der Waals surface area contributed by atoms with E-state index in [9.17, 15) is 14.4 Å². The SMILES string of the molecule is CC(=O)Cc1ccc2[nH]c(=O)oc(=O)c2c1. The molecule has 2 aromatic rings. The van der Waals surface area contributed by atoms with E-state index >= 15 is 0 Å². The molecule has 0 bridgehead atoms. The summed E-state index contributed by atoms with van der Waals surface area (Å²) < 4.78 is 4.40. The highest BCUT2D eigenvalue weighted by Gasteiger charge is 2.05. The first-order chi connectivity index (χ1) is 7.56. The Hall–Kier alpha value is -2.17. The van der Waals surface area contributed by atoms with Crippen LogP contribution in [0.5, 0.6) is 0 Å². The largest absolute Gasteiger partial charge is 0.419 e. The summed E-state index contributed by atoms with van der Waals surface area (Å²) in [6, 6.07) is 4.84. The lowest BCUT2D eigenvalue weighted by molar-refractivity contribution is -0.116. The average Bonchev–Trinajstić information content (AvgIpc) is 2.18. The second-order valence-corrected chi connectivity index (χ2v) is 3.56. The first-order valence-corrected chi connectivity index (χ1v) is 4.72. The predicted molar refractivity (Wildman–Crippen MR) is 57.5 cm³/mol. The molecule has 82 valence electrons. The zero-order valence-corrected chi connectivity index (χ0v) is 8.57. The van der Waals surface area contributed by atoms with E-state index in [2.05, 4.69) is 9.40 Å². The van der Waals surface area contributed by atoms with Crippen molar-refractivity contribution in [2.75, 3.05) is 0 Å². The molecular formula is C11H9NO4. The second-order valence-electron chi connectivity index (χ2n) is 3.56. The van der Waals surface area contributed by atoms with E-state index in [1.807, 2.05) is 0 Å². The minimum absolute atomic E-state index is 0.00756. The molecule has 0 aliphatic rings. The minimum Gasteiger partial charge on any atom is -0.372 e. The fraction of sp³-hybridized carbons (Fsp3) is 0.182. The standard InChI is InChI=1S/C11H9NO4/c1-6(13)4-7-2-3-9-8(5-7)10(14)16-11(15)12-9/h2-3,5H,4H2,1H3,(H,12,15). The van der Waals surface area contributed by atoms with Gasteiger partial charge < -0.3 is 4.42 Å². The molecule has 1 aromatic heterocycles. The van der Waals surface area contributed by atoms with Crippen LogP contribution in [0.25, 0.3) is 10.9 Å². The van der Waals surface area contributed by atoms with Crippen LogP contribution >= 0.6 is 0 Å². The van der Waals surface area contributed by atoms with Gasteiger partial charge in [-0.15, -0.1) is 0 Å². The van der Waals surface area contributed by atoms with Crippen LogP contribution in [0.3, 0.4) is 0 Å². The van der Waals surface area contributed by atoms with Crippen molar-refractivity contribution in [2.24, 2.45) is 0 Å². The third kappa shape index (κ3) is 1.93.